The summed E-state index contributed by atoms with van der Waals surface area (Å²) in [6.45, 7) is 5.56. The molecule has 386 valence electrons. The predicted octanol–water partition coefficient (Wildman–Crippen LogP) is 11.3. The molecule has 1 amide bonds. The molecule has 0 aromatic rings. The van der Waals surface area contributed by atoms with E-state index in [9.17, 15) is 35.1 Å². The Morgan fingerprint density at radius 1 is 0.597 bits per heavy atom. The summed E-state index contributed by atoms with van der Waals surface area (Å²) in [6.07, 6.45) is 44.0. The summed E-state index contributed by atoms with van der Waals surface area (Å²) in [5.41, 5.74) is 0. The molecule has 1 fully saturated rings. The highest BCUT2D eigenvalue weighted by molar-refractivity contribution is 5.80. The topological polar surface area (TPSA) is 175 Å². The molecule has 1 saturated heterocycles. The van der Waals surface area contributed by atoms with Gasteiger partial charge in [-0.15, -0.1) is 0 Å². The summed E-state index contributed by atoms with van der Waals surface area (Å²) in [4.78, 5) is 26.3. The Bertz CT molecular complexity index is 1360. The highest BCUT2D eigenvalue weighted by Crippen LogP contribution is 2.26. The van der Waals surface area contributed by atoms with Crippen LogP contribution >= 0.6 is 0 Å². The van der Waals surface area contributed by atoms with Crippen molar-refractivity contribution in [3.8, 4) is 0 Å². The Hall–Kier alpha value is -2.90. The van der Waals surface area contributed by atoms with Gasteiger partial charge in [0.15, 0.2) is 12.4 Å². The van der Waals surface area contributed by atoms with Crippen LogP contribution < -0.4 is 5.32 Å². The fourth-order valence-corrected chi connectivity index (χ4v) is 7.97. The Morgan fingerprint density at radius 3 is 1.58 bits per heavy atom. The first-order chi connectivity index (χ1) is 32.7. The summed E-state index contributed by atoms with van der Waals surface area (Å²) in [6, 6.07) is -1.06. The SMILES string of the molecule is CC/C=C/C=C/C=C\C=C/C=C/CCC(O)C(=O)NC(COC1OC(CO)C(O)C(O)C1OC(=O)CCCCCCCCCCCCCCC)C(O)/C=C/CCCCCCCCCCCCC. The molecule has 1 rings (SSSR count). The summed E-state index contributed by atoms with van der Waals surface area (Å²) >= 11 is 0. The van der Waals surface area contributed by atoms with E-state index in [1.54, 1.807) is 6.08 Å². The fourth-order valence-electron chi connectivity index (χ4n) is 7.97. The van der Waals surface area contributed by atoms with Gasteiger partial charge in [0.1, 0.15) is 24.4 Å². The molecule has 0 spiro atoms. The Labute approximate surface area is 407 Å². The van der Waals surface area contributed by atoms with E-state index in [-0.39, 0.29) is 19.4 Å². The molecule has 11 nitrogen and oxygen atoms in total. The molecule has 11 heteroatoms. The second kappa shape index (κ2) is 44.3. The standard InChI is InChI=1S/C56H97NO10/c1-4-7-10-13-16-19-22-25-28-30-33-36-39-42-48(59)47(57-55(64)49(60)43-40-37-34-31-27-24-21-18-15-12-9-6-3)46-65-56-54(53(63)52(62)50(45-58)66-56)67-51(61)44-41-38-35-32-29-26-23-20-17-14-11-8-5-2/h9,12,15,18,21,24,27,31,34,37,39,42,47-50,52-54,56,58-60,62-63H,4-8,10-11,13-14,16-17,19-20,22-23,25-26,28-30,32-33,35-36,38,40-41,43-46H2,1-3H3,(H,57,64)/b12-9+,18-15+,24-21-,31-27-,37-34+,42-39+. The van der Waals surface area contributed by atoms with Crippen molar-refractivity contribution in [2.75, 3.05) is 13.2 Å². The van der Waals surface area contributed by atoms with Crippen molar-refractivity contribution in [2.45, 2.75) is 256 Å². The van der Waals surface area contributed by atoms with Crippen molar-refractivity contribution in [1.82, 2.24) is 5.32 Å². The number of esters is 1. The number of nitrogens with one attached hydrogen (secondary N) is 1. The van der Waals surface area contributed by atoms with Crippen LogP contribution in [0.5, 0.6) is 0 Å². The van der Waals surface area contributed by atoms with Crippen LogP contribution in [0.3, 0.4) is 0 Å². The molecule has 1 heterocycles. The van der Waals surface area contributed by atoms with Crippen LogP contribution in [0.4, 0.5) is 0 Å². The van der Waals surface area contributed by atoms with Crippen LogP contribution in [0, 0.1) is 0 Å². The van der Waals surface area contributed by atoms with Crippen molar-refractivity contribution in [1.29, 1.82) is 0 Å². The minimum Gasteiger partial charge on any atom is -0.454 e. The number of carbonyl (C=O) groups excluding carboxylic acids is 2. The maximum Gasteiger partial charge on any atom is 0.306 e. The first-order valence-electron chi connectivity index (χ1n) is 26.8. The van der Waals surface area contributed by atoms with Crippen molar-refractivity contribution < 1.29 is 49.3 Å². The van der Waals surface area contributed by atoms with Crippen LogP contribution in [0.15, 0.2) is 72.9 Å². The van der Waals surface area contributed by atoms with Crippen molar-refractivity contribution in [3.63, 3.8) is 0 Å². The summed E-state index contributed by atoms with van der Waals surface area (Å²) in [7, 11) is 0. The Kier molecular flexibility index (Phi) is 41.1. The van der Waals surface area contributed by atoms with Gasteiger partial charge in [0.25, 0.3) is 0 Å². The highest BCUT2D eigenvalue weighted by atomic mass is 16.7. The van der Waals surface area contributed by atoms with E-state index in [0.717, 1.165) is 51.4 Å². The van der Waals surface area contributed by atoms with Gasteiger partial charge >= 0.3 is 5.97 Å². The van der Waals surface area contributed by atoms with Gasteiger partial charge in [0.05, 0.1) is 25.4 Å². The third-order valence-corrected chi connectivity index (χ3v) is 12.3. The van der Waals surface area contributed by atoms with Gasteiger partial charge in [-0.1, -0.05) is 235 Å². The number of rotatable bonds is 43. The average molecular weight is 944 g/mol. The molecule has 8 atom stereocenters. The molecule has 1 aliphatic heterocycles. The lowest BCUT2D eigenvalue weighted by Crippen LogP contribution is -2.61. The third-order valence-electron chi connectivity index (χ3n) is 12.3. The first-order valence-corrected chi connectivity index (χ1v) is 26.8. The van der Waals surface area contributed by atoms with Crippen molar-refractivity contribution in [3.05, 3.63) is 72.9 Å². The zero-order valence-electron chi connectivity index (χ0n) is 42.2. The van der Waals surface area contributed by atoms with E-state index in [1.165, 1.54) is 109 Å². The molecule has 0 aromatic carbocycles. The second-order valence-corrected chi connectivity index (χ2v) is 18.4. The lowest BCUT2D eigenvalue weighted by atomic mass is 9.99. The largest absolute Gasteiger partial charge is 0.454 e. The molecular formula is C56H97NO10. The highest BCUT2D eigenvalue weighted by Gasteiger charge is 2.47. The average Bonchev–Trinajstić information content (AvgIpc) is 3.32. The lowest BCUT2D eigenvalue weighted by Gasteiger charge is -2.41. The molecule has 6 N–H and O–H groups in total. The molecular weight excluding hydrogens is 847 g/mol. The zero-order valence-corrected chi connectivity index (χ0v) is 42.2. The number of carbonyl (C=O) groups is 2. The molecule has 0 aromatic heterocycles. The number of aliphatic hydroxyl groups is 5. The van der Waals surface area contributed by atoms with Crippen LogP contribution in [0.25, 0.3) is 0 Å². The quantitative estimate of drug-likeness (QED) is 0.0149. The zero-order chi connectivity index (χ0) is 49.0. The molecule has 0 bridgehead atoms. The van der Waals surface area contributed by atoms with E-state index in [1.807, 2.05) is 60.8 Å². The molecule has 1 aliphatic rings. The van der Waals surface area contributed by atoms with Crippen LogP contribution in [0.1, 0.15) is 207 Å². The predicted molar refractivity (Wildman–Crippen MR) is 273 cm³/mol. The third kappa shape index (κ3) is 33.3. The van der Waals surface area contributed by atoms with Crippen molar-refractivity contribution in [2.24, 2.45) is 0 Å². The molecule has 8 unspecified atom stereocenters. The number of hydrogen-bond acceptors (Lipinski definition) is 10. The van der Waals surface area contributed by atoms with Gasteiger partial charge in [0, 0.05) is 6.42 Å². The van der Waals surface area contributed by atoms with Crippen LogP contribution in [-0.2, 0) is 23.8 Å². The van der Waals surface area contributed by atoms with E-state index in [2.05, 4.69) is 32.2 Å². The molecule has 0 aliphatic carbocycles. The molecule has 0 radical (unpaired) electrons. The number of unbranched alkanes of at least 4 members (excludes halogenated alkanes) is 23. The molecule has 0 saturated carbocycles. The first kappa shape index (κ1) is 62.1. The molecule has 67 heavy (non-hydrogen) atoms. The maximum atomic E-state index is 13.3. The van der Waals surface area contributed by atoms with Crippen LogP contribution in [-0.4, -0.2) is 99.6 Å². The van der Waals surface area contributed by atoms with E-state index >= 15 is 0 Å². The van der Waals surface area contributed by atoms with Gasteiger partial charge in [0.2, 0.25) is 5.91 Å². The Balaban J connectivity index is 2.83. The Morgan fingerprint density at radius 2 is 1.07 bits per heavy atom. The summed E-state index contributed by atoms with van der Waals surface area (Å²) in [5, 5.41) is 56.5. The summed E-state index contributed by atoms with van der Waals surface area (Å²) < 4.78 is 17.5. The minimum atomic E-state index is -1.62. The summed E-state index contributed by atoms with van der Waals surface area (Å²) in [5.74, 6) is -1.28. The van der Waals surface area contributed by atoms with Gasteiger partial charge in [-0.05, 0) is 38.5 Å². The second-order valence-electron chi connectivity index (χ2n) is 18.4. The maximum absolute atomic E-state index is 13.3. The smallest absolute Gasteiger partial charge is 0.306 e. The number of ether oxygens (including phenoxy) is 3. The van der Waals surface area contributed by atoms with Gasteiger partial charge in [-0.2, -0.15) is 0 Å². The monoisotopic (exact) mass is 944 g/mol. The van der Waals surface area contributed by atoms with Gasteiger partial charge < -0.3 is 45.1 Å². The number of aliphatic hydroxyl groups excluding tert-OH is 5. The van der Waals surface area contributed by atoms with E-state index in [0.29, 0.717) is 12.8 Å². The normalized spacial score (nSPS) is 20.6. The minimum absolute atomic E-state index is 0.115. The number of allylic oxidation sites excluding steroid dienone is 11. The lowest BCUT2D eigenvalue weighted by molar-refractivity contribution is -0.305. The fraction of sp³-hybridized carbons (Fsp3) is 0.750. The van der Waals surface area contributed by atoms with Gasteiger partial charge in [-0.25, -0.2) is 0 Å². The van der Waals surface area contributed by atoms with E-state index < -0.39 is 67.4 Å². The van der Waals surface area contributed by atoms with Crippen molar-refractivity contribution >= 4 is 11.9 Å². The number of hydrogen-bond donors (Lipinski definition) is 6. The van der Waals surface area contributed by atoms with Gasteiger partial charge in [-0.3, -0.25) is 9.59 Å². The van der Waals surface area contributed by atoms with E-state index in [4.69, 9.17) is 14.2 Å². The number of amides is 1. The van der Waals surface area contributed by atoms with Crippen LogP contribution in [0.2, 0.25) is 0 Å².